The molecule has 0 aliphatic rings. The summed E-state index contributed by atoms with van der Waals surface area (Å²) in [5.74, 6) is 1.46. The summed E-state index contributed by atoms with van der Waals surface area (Å²) in [6, 6.07) is 7.67. The van der Waals surface area contributed by atoms with Crippen LogP contribution in [0.25, 0.3) is 11.4 Å². The molecule has 0 amide bonds. The van der Waals surface area contributed by atoms with Crippen LogP contribution in [0.15, 0.2) is 30.5 Å². The number of nitrogens with zero attached hydrogens (tertiary/aromatic N) is 2. The largest absolute Gasteiger partial charge is 0.491 e. The summed E-state index contributed by atoms with van der Waals surface area (Å²) in [6.45, 7) is 3.99. The lowest BCUT2D eigenvalue weighted by molar-refractivity contribution is 0.242. The first-order valence-electron chi connectivity index (χ1n) is 5.51. The van der Waals surface area contributed by atoms with Gasteiger partial charge in [-0.3, -0.25) is 0 Å². The van der Waals surface area contributed by atoms with E-state index in [1.54, 1.807) is 6.20 Å². The minimum absolute atomic E-state index is 0.167. The van der Waals surface area contributed by atoms with Gasteiger partial charge < -0.3 is 4.74 Å². The Labute approximate surface area is 125 Å². The predicted octanol–water partition coefficient (Wildman–Crippen LogP) is 4.19. The van der Waals surface area contributed by atoms with Gasteiger partial charge in [-0.1, -0.05) is 11.6 Å². The van der Waals surface area contributed by atoms with Crippen molar-refractivity contribution in [2.24, 2.45) is 0 Å². The van der Waals surface area contributed by atoms with Crippen LogP contribution in [0.3, 0.4) is 0 Å². The van der Waals surface area contributed by atoms with Gasteiger partial charge in [0.05, 0.1) is 9.67 Å². The molecular formula is C13H12ClIN2O. The molecule has 94 valence electrons. The molecular weight excluding hydrogens is 363 g/mol. The quantitative estimate of drug-likeness (QED) is 0.597. The highest BCUT2D eigenvalue weighted by atomic mass is 127. The van der Waals surface area contributed by atoms with Crippen LogP contribution in [0.4, 0.5) is 0 Å². The number of hydrogen-bond acceptors (Lipinski definition) is 3. The summed E-state index contributed by atoms with van der Waals surface area (Å²) in [5, 5.41) is 0.475. The van der Waals surface area contributed by atoms with E-state index >= 15 is 0 Å². The van der Waals surface area contributed by atoms with E-state index in [0.29, 0.717) is 11.0 Å². The van der Waals surface area contributed by atoms with Gasteiger partial charge in [-0.25, -0.2) is 9.97 Å². The SMILES string of the molecule is CC(C)Oc1ccc(-c2ncc(I)c(Cl)n2)cc1. The van der Waals surface area contributed by atoms with Gasteiger partial charge in [0.15, 0.2) is 5.82 Å². The van der Waals surface area contributed by atoms with Crippen molar-refractivity contribution in [2.45, 2.75) is 20.0 Å². The van der Waals surface area contributed by atoms with Crippen LogP contribution in [-0.2, 0) is 0 Å². The Hall–Kier alpha value is -0.880. The van der Waals surface area contributed by atoms with Crippen LogP contribution in [-0.4, -0.2) is 16.1 Å². The first kappa shape index (κ1) is 13.5. The molecule has 0 aliphatic heterocycles. The van der Waals surface area contributed by atoms with E-state index in [4.69, 9.17) is 16.3 Å². The number of benzene rings is 1. The summed E-state index contributed by atoms with van der Waals surface area (Å²) in [7, 11) is 0. The molecule has 5 heteroatoms. The zero-order chi connectivity index (χ0) is 13.1. The molecule has 0 fully saturated rings. The fourth-order valence-corrected chi connectivity index (χ4v) is 1.83. The molecule has 3 nitrogen and oxygen atoms in total. The molecule has 0 unspecified atom stereocenters. The van der Waals surface area contributed by atoms with Crippen LogP contribution >= 0.6 is 34.2 Å². The van der Waals surface area contributed by atoms with E-state index in [0.717, 1.165) is 14.9 Å². The van der Waals surface area contributed by atoms with Gasteiger partial charge in [-0.15, -0.1) is 0 Å². The average Bonchev–Trinajstić information content (AvgIpc) is 2.33. The van der Waals surface area contributed by atoms with Crippen molar-refractivity contribution in [1.29, 1.82) is 0 Å². The second-order valence-electron chi connectivity index (χ2n) is 4.02. The highest BCUT2D eigenvalue weighted by Crippen LogP contribution is 2.23. The Morgan fingerprint density at radius 2 is 1.89 bits per heavy atom. The summed E-state index contributed by atoms with van der Waals surface area (Å²) < 4.78 is 6.42. The topological polar surface area (TPSA) is 35.0 Å². The van der Waals surface area contributed by atoms with Crippen LogP contribution < -0.4 is 4.74 Å². The maximum absolute atomic E-state index is 5.98. The van der Waals surface area contributed by atoms with Gasteiger partial charge in [0.1, 0.15) is 10.9 Å². The Kier molecular flexibility index (Phi) is 4.40. The third kappa shape index (κ3) is 3.32. The first-order chi connectivity index (χ1) is 8.56. The Balaban J connectivity index is 2.25. The minimum atomic E-state index is 0.167. The monoisotopic (exact) mass is 374 g/mol. The molecule has 0 saturated heterocycles. The average molecular weight is 375 g/mol. The summed E-state index contributed by atoms with van der Waals surface area (Å²) in [6.07, 6.45) is 1.88. The van der Waals surface area contributed by atoms with Crippen molar-refractivity contribution in [3.05, 3.63) is 39.2 Å². The zero-order valence-electron chi connectivity index (χ0n) is 10.0. The van der Waals surface area contributed by atoms with E-state index in [2.05, 4.69) is 32.6 Å². The molecule has 1 aromatic heterocycles. The summed E-state index contributed by atoms with van der Waals surface area (Å²) in [5.41, 5.74) is 0.921. The van der Waals surface area contributed by atoms with E-state index in [-0.39, 0.29) is 6.10 Å². The number of halogens is 2. The van der Waals surface area contributed by atoms with Gasteiger partial charge in [0.2, 0.25) is 0 Å². The smallest absolute Gasteiger partial charge is 0.160 e. The standard InChI is InChI=1S/C13H12ClIN2O/c1-8(2)18-10-5-3-9(4-6-10)13-16-7-11(15)12(14)17-13/h3-8H,1-2H3. The van der Waals surface area contributed by atoms with Gasteiger partial charge >= 0.3 is 0 Å². The molecule has 0 bridgehead atoms. The van der Waals surface area contributed by atoms with Crippen molar-refractivity contribution in [3.63, 3.8) is 0 Å². The fraction of sp³-hybridized carbons (Fsp3) is 0.231. The maximum Gasteiger partial charge on any atom is 0.160 e. The molecule has 2 rings (SSSR count). The predicted molar refractivity (Wildman–Crippen MR) is 81.0 cm³/mol. The normalized spacial score (nSPS) is 10.7. The third-order valence-corrected chi connectivity index (χ3v) is 3.58. The van der Waals surface area contributed by atoms with Crippen molar-refractivity contribution in [3.8, 4) is 17.1 Å². The van der Waals surface area contributed by atoms with Crippen molar-refractivity contribution in [1.82, 2.24) is 9.97 Å². The lowest BCUT2D eigenvalue weighted by Crippen LogP contribution is -2.05. The molecule has 0 N–H and O–H groups in total. The number of hydrogen-bond donors (Lipinski definition) is 0. The van der Waals surface area contributed by atoms with Gasteiger partial charge in [0, 0.05) is 11.8 Å². The van der Waals surface area contributed by atoms with Crippen molar-refractivity contribution >= 4 is 34.2 Å². The number of rotatable bonds is 3. The Bertz CT molecular complexity index is 543. The molecule has 0 spiro atoms. The minimum Gasteiger partial charge on any atom is -0.491 e. The van der Waals surface area contributed by atoms with E-state index < -0.39 is 0 Å². The fourth-order valence-electron chi connectivity index (χ4n) is 1.44. The van der Waals surface area contributed by atoms with Gasteiger partial charge in [0.25, 0.3) is 0 Å². The molecule has 0 saturated carbocycles. The zero-order valence-corrected chi connectivity index (χ0v) is 12.9. The summed E-state index contributed by atoms with van der Waals surface area (Å²) in [4.78, 5) is 8.50. The number of aromatic nitrogens is 2. The lowest BCUT2D eigenvalue weighted by Gasteiger charge is -2.09. The molecule has 1 aromatic carbocycles. The molecule has 2 aromatic rings. The first-order valence-corrected chi connectivity index (χ1v) is 6.97. The third-order valence-electron chi connectivity index (χ3n) is 2.19. The van der Waals surface area contributed by atoms with Crippen LogP contribution in [0.1, 0.15) is 13.8 Å². The molecule has 1 heterocycles. The highest BCUT2D eigenvalue weighted by Gasteiger charge is 2.05. The van der Waals surface area contributed by atoms with Crippen LogP contribution in [0, 0.1) is 3.57 Å². The second kappa shape index (κ2) is 5.84. The van der Waals surface area contributed by atoms with Crippen LogP contribution in [0.5, 0.6) is 5.75 Å². The van der Waals surface area contributed by atoms with Crippen molar-refractivity contribution in [2.75, 3.05) is 0 Å². The highest BCUT2D eigenvalue weighted by molar-refractivity contribution is 14.1. The number of ether oxygens (including phenoxy) is 1. The van der Waals surface area contributed by atoms with Gasteiger partial charge in [-0.2, -0.15) is 0 Å². The molecule has 18 heavy (non-hydrogen) atoms. The van der Waals surface area contributed by atoms with Crippen molar-refractivity contribution < 1.29 is 4.74 Å². The summed E-state index contributed by atoms with van der Waals surface area (Å²) >= 11 is 8.08. The lowest BCUT2D eigenvalue weighted by atomic mass is 10.2. The molecule has 0 atom stereocenters. The maximum atomic E-state index is 5.98. The Morgan fingerprint density at radius 3 is 2.44 bits per heavy atom. The second-order valence-corrected chi connectivity index (χ2v) is 5.54. The van der Waals surface area contributed by atoms with Crippen LogP contribution in [0.2, 0.25) is 5.15 Å². The van der Waals surface area contributed by atoms with E-state index in [1.165, 1.54) is 0 Å². The Morgan fingerprint density at radius 1 is 1.22 bits per heavy atom. The molecule has 0 aliphatic carbocycles. The van der Waals surface area contributed by atoms with Gasteiger partial charge in [-0.05, 0) is 60.7 Å². The van der Waals surface area contributed by atoms with E-state index in [9.17, 15) is 0 Å². The molecule has 0 radical (unpaired) electrons. The van der Waals surface area contributed by atoms with E-state index in [1.807, 2.05) is 38.1 Å².